The van der Waals surface area contributed by atoms with Crippen LogP contribution in [-0.2, 0) is 5.41 Å². The molecule has 0 radical (unpaired) electrons. The van der Waals surface area contributed by atoms with E-state index in [1.807, 2.05) is 0 Å². The van der Waals surface area contributed by atoms with Crippen LogP contribution in [0.25, 0.3) is 11.1 Å². The average Bonchev–Trinajstić information content (AvgIpc) is 3.05. The van der Waals surface area contributed by atoms with Crippen LogP contribution < -0.4 is 0 Å². The number of benzene rings is 2. The number of hydrogen-bond donors (Lipinski definition) is 0. The fraction of sp³-hybridized carbons (Fsp3) is 0.200. The Balaban J connectivity index is 2.15. The van der Waals surface area contributed by atoms with Gasteiger partial charge in [-0.25, -0.2) is 0 Å². The van der Waals surface area contributed by atoms with Crippen LogP contribution in [0.3, 0.4) is 0 Å². The summed E-state index contributed by atoms with van der Waals surface area (Å²) in [5.41, 5.74) is 6.46. The summed E-state index contributed by atoms with van der Waals surface area (Å²) in [4.78, 5) is 0. The molecule has 2 aromatic rings. The van der Waals surface area contributed by atoms with Gasteiger partial charge in [-0.05, 0) is 35.1 Å². The molecule has 1 fully saturated rings. The third-order valence-corrected chi connectivity index (χ3v) is 3.93. The van der Waals surface area contributed by atoms with Crippen LogP contribution in [0.4, 0.5) is 0 Å². The highest BCUT2D eigenvalue weighted by Crippen LogP contribution is 2.62. The molecule has 0 N–H and O–H groups in total. The van der Waals surface area contributed by atoms with Gasteiger partial charge in [-0.15, -0.1) is 0 Å². The molecule has 0 saturated heterocycles. The van der Waals surface area contributed by atoms with Gasteiger partial charge in [0.1, 0.15) is 0 Å². The van der Waals surface area contributed by atoms with Gasteiger partial charge in [0.15, 0.2) is 0 Å². The van der Waals surface area contributed by atoms with Crippen LogP contribution in [0.2, 0.25) is 0 Å². The lowest BCUT2D eigenvalue weighted by molar-refractivity contribution is 0.879. The first-order valence-electron chi connectivity index (χ1n) is 5.61. The van der Waals surface area contributed by atoms with E-state index < -0.39 is 0 Å². The summed E-state index contributed by atoms with van der Waals surface area (Å²) in [6.45, 7) is 0. The number of fused-ring (bicyclic) bond motifs is 5. The van der Waals surface area contributed by atoms with Gasteiger partial charge >= 0.3 is 0 Å². The Labute approximate surface area is 89.6 Å². The van der Waals surface area contributed by atoms with E-state index in [4.69, 9.17) is 0 Å². The maximum absolute atomic E-state index is 2.31. The molecule has 0 unspecified atom stereocenters. The molecule has 0 aliphatic heterocycles. The largest absolute Gasteiger partial charge is 0.0619 e. The van der Waals surface area contributed by atoms with Crippen molar-refractivity contribution in [3.8, 4) is 11.1 Å². The Morgan fingerprint density at radius 3 is 1.60 bits per heavy atom. The van der Waals surface area contributed by atoms with E-state index in [-0.39, 0.29) is 0 Å². The lowest BCUT2D eigenvalue weighted by Gasteiger charge is -2.09. The highest BCUT2D eigenvalue weighted by atomic mass is 14.5. The second-order valence-electron chi connectivity index (χ2n) is 4.67. The molecule has 0 nitrogen and oxygen atoms in total. The molecule has 1 saturated carbocycles. The van der Waals surface area contributed by atoms with Crippen LogP contribution in [-0.4, -0.2) is 0 Å². The molecule has 1 spiro atoms. The number of rotatable bonds is 0. The minimum Gasteiger partial charge on any atom is -0.0619 e. The summed E-state index contributed by atoms with van der Waals surface area (Å²) >= 11 is 0. The fourth-order valence-electron chi connectivity index (χ4n) is 3.08. The second-order valence-corrected chi connectivity index (χ2v) is 4.67. The van der Waals surface area contributed by atoms with Crippen molar-refractivity contribution < 1.29 is 0 Å². The van der Waals surface area contributed by atoms with Gasteiger partial charge in [0, 0.05) is 5.41 Å². The maximum atomic E-state index is 2.31. The zero-order valence-corrected chi connectivity index (χ0v) is 8.53. The van der Waals surface area contributed by atoms with E-state index >= 15 is 0 Å². The van der Waals surface area contributed by atoms with Crippen LogP contribution in [0, 0.1) is 0 Å². The number of hydrogen-bond acceptors (Lipinski definition) is 0. The predicted octanol–water partition coefficient (Wildman–Crippen LogP) is 3.75. The van der Waals surface area contributed by atoms with Crippen molar-refractivity contribution in [2.75, 3.05) is 0 Å². The summed E-state index contributed by atoms with van der Waals surface area (Å²) in [5.74, 6) is 0. The summed E-state index contributed by atoms with van der Waals surface area (Å²) in [5, 5.41) is 0. The van der Waals surface area contributed by atoms with E-state index in [2.05, 4.69) is 48.5 Å². The van der Waals surface area contributed by atoms with Gasteiger partial charge in [0.25, 0.3) is 0 Å². The van der Waals surface area contributed by atoms with Crippen LogP contribution in [0.15, 0.2) is 48.5 Å². The summed E-state index contributed by atoms with van der Waals surface area (Å²) in [6, 6.07) is 17.8. The van der Waals surface area contributed by atoms with Gasteiger partial charge < -0.3 is 0 Å². The third-order valence-electron chi connectivity index (χ3n) is 3.93. The van der Waals surface area contributed by atoms with Crippen molar-refractivity contribution in [2.45, 2.75) is 18.3 Å². The lowest BCUT2D eigenvalue weighted by atomic mass is 9.94. The standard InChI is InChI=1S/C15H12/c1-3-7-13-11(5-1)12-6-2-4-8-14(12)15(13)9-10-15/h1-8H,9-10H2. The summed E-state index contributed by atoms with van der Waals surface area (Å²) in [6.07, 6.45) is 2.67. The molecule has 0 heteroatoms. The molecule has 0 heterocycles. The second kappa shape index (κ2) is 2.33. The minimum absolute atomic E-state index is 0.410. The first-order valence-corrected chi connectivity index (χ1v) is 5.61. The SMILES string of the molecule is c1ccc2c(c1)-c1ccccc1C21CC1. The van der Waals surface area contributed by atoms with E-state index in [0.29, 0.717) is 5.41 Å². The first-order chi connectivity index (χ1) is 7.42. The Hall–Kier alpha value is -1.56. The topological polar surface area (TPSA) is 0 Å². The third kappa shape index (κ3) is 0.790. The smallest absolute Gasteiger partial charge is 0.0216 e. The Morgan fingerprint density at radius 1 is 0.667 bits per heavy atom. The monoisotopic (exact) mass is 192 g/mol. The summed E-state index contributed by atoms with van der Waals surface area (Å²) in [7, 11) is 0. The predicted molar refractivity (Wildman–Crippen MR) is 61.9 cm³/mol. The lowest BCUT2D eigenvalue weighted by Crippen LogP contribution is -2.02. The average molecular weight is 192 g/mol. The highest BCUT2D eigenvalue weighted by Gasteiger charge is 2.51. The molecule has 2 aromatic carbocycles. The zero-order chi connectivity index (χ0) is 9.88. The van der Waals surface area contributed by atoms with E-state index in [1.165, 1.54) is 24.0 Å². The van der Waals surface area contributed by atoms with Crippen molar-refractivity contribution in [3.63, 3.8) is 0 Å². The summed E-state index contributed by atoms with van der Waals surface area (Å²) < 4.78 is 0. The molecule has 4 rings (SSSR count). The molecule has 0 atom stereocenters. The molecule has 15 heavy (non-hydrogen) atoms. The molecule has 0 bridgehead atoms. The van der Waals surface area contributed by atoms with Crippen molar-refractivity contribution >= 4 is 0 Å². The van der Waals surface area contributed by atoms with Gasteiger partial charge in [-0.2, -0.15) is 0 Å². The minimum atomic E-state index is 0.410. The van der Waals surface area contributed by atoms with Gasteiger partial charge in [0.2, 0.25) is 0 Å². The Kier molecular flexibility index (Phi) is 1.19. The molecular weight excluding hydrogens is 180 g/mol. The van der Waals surface area contributed by atoms with Gasteiger partial charge in [-0.1, -0.05) is 48.5 Å². The molecule has 0 amide bonds. The molecule has 0 aromatic heterocycles. The molecular formula is C15H12. The quantitative estimate of drug-likeness (QED) is 0.596. The maximum Gasteiger partial charge on any atom is 0.0216 e. The highest BCUT2D eigenvalue weighted by molar-refractivity contribution is 5.82. The van der Waals surface area contributed by atoms with Crippen molar-refractivity contribution in [2.24, 2.45) is 0 Å². The first kappa shape index (κ1) is 7.70. The van der Waals surface area contributed by atoms with E-state index in [9.17, 15) is 0 Å². The van der Waals surface area contributed by atoms with Crippen LogP contribution in [0.5, 0.6) is 0 Å². The molecule has 2 aliphatic rings. The molecule has 72 valence electrons. The zero-order valence-electron chi connectivity index (χ0n) is 8.53. The van der Waals surface area contributed by atoms with Gasteiger partial charge in [0.05, 0.1) is 0 Å². The molecule has 2 aliphatic carbocycles. The van der Waals surface area contributed by atoms with Gasteiger partial charge in [-0.3, -0.25) is 0 Å². The van der Waals surface area contributed by atoms with Crippen LogP contribution in [0.1, 0.15) is 24.0 Å². The normalized spacial score (nSPS) is 18.7. The van der Waals surface area contributed by atoms with Crippen LogP contribution >= 0.6 is 0 Å². The Morgan fingerprint density at radius 2 is 1.13 bits per heavy atom. The Bertz CT molecular complexity index is 500. The van der Waals surface area contributed by atoms with Crippen molar-refractivity contribution in [1.29, 1.82) is 0 Å². The van der Waals surface area contributed by atoms with Crippen molar-refractivity contribution in [3.05, 3.63) is 59.7 Å². The van der Waals surface area contributed by atoms with E-state index in [1.54, 1.807) is 11.1 Å². The van der Waals surface area contributed by atoms with E-state index in [0.717, 1.165) is 0 Å². The van der Waals surface area contributed by atoms with Crippen molar-refractivity contribution in [1.82, 2.24) is 0 Å². The fourth-order valence-corrected chi connectivity index (χ4v) is 3.08.